The zero-order valence-electron chi connectivity index (χ0n) is 15.3. The molecule has 0 aliphatic carbocycles. The Morgan fingerprint density at radius 2 is 1.86 bits per heavy atom. The van der Waals surface area contributed by atoms with Gasteiger partial charge in [-0.05, 0) is 17.7 Å². The van der Waals surface area contributed by atoms with Crippen LogP contribution >= 0.6 is 0 Å². The van der Waals surface area contributed by atoms with E-state index in [4.69, 9.17) is 5.11 Å². The van der Waals surface area contributed by atoms with Crippen LogP contribution in [0.5, 0.6) is 0 Å². The lowest BCUT2D eigenvalue weighted by Gasteiger charge is -2.17. The summed E-state index contributed by atoms with van der Waals surface area (Å²) in [6, 6.07) is 15.3. The number of carboxylic acids is 1. The monoisotopic (exact) mass is 394 g/mol. The van der Waals surface area contributed by atoms with Crippen LogP contribution in [0.15, 0.2) is 60.8 Å². The number of rotatable bonds is 8. The number of amides is 1. The van der Waals surface area contributed by atoms with Crippen LogP contribution in [-0.4, -0.2) is 55.1 Å². The molecular weight excluding hydrogens is 375 g/mol. The van der Waals surface area contributed by atoms with Gasteiger partial charge in [0.25, 0.3) is 0 Å². The van der Waals surface area contributed by atoms with Crippen LogP contribution in [0.2, 0.25) is 0 Å². The molecule has 1 amide bonds. The van der Waals surface area contributed by atoms with E-state index in [0.717, 1.165) is 5.56 Å². The van der Waals surface area contributed by atoms with Gasteiger partial charge < -0.3 is 20.5 Å². The molecule has 29 heavy (non-hydrogen) atoms. The average molecular weight is 394 g/mol. The third-order valence-corrected chi connectivity index (χ3v) is 4.24. The predicted molar refractivity (Wildman–Crippen MR) is 105 cm³/mol. The van der Waals surface area contributed by atoms with Crippen molar-refractivity contribution < 1.29 is 24.7 Å². The minimum absolute atomic E-state index is 0.0240. The van der Waals surface area contributed by atoms with Gasteiger partial charge in [-0.2, -0.15) is 0 Å². The number of aromatic carboxylic acids is 1. The lowest BCUT2D eigenvalue weighted by molar-refractivity contribution is -0.120. The fourth-order valence-electron chi connectivity index (χ4n) is 2.79. The first-order valence-corrected chi connectivity index (χ1v) is 8.85. The highest BCUT2D eigenvalue weighted by Crippen LogP contribution is 2.18. The van der Waals surface area contributed by atoms with Crippen molar-refractivity contribution in [3.05, 3.63) is 71.9 Å². The molecular formula is C19H19BN4O5. The van der Waals surface area contributed by atoms with Gasteiger partial charge in [-0.3, -0.25) is 9.48 Å². The SMILES string of the molecule is O=C(Cc1ccccc1)NC(Cn1cc(-c2cccc(C(=O)O)c2)nn1)B(O)O. The fraction of sp³-hybridized carbons (Fsp3) is 0.158. The van der Waals surface area contributed by atoms with Crippen LogP contribution in [0.25, 0.3) is 11.3 Å². The standard InChI is InChI=1S/C19H19BN4O5/c25-18(9-13-5-2-1-3-6-13)21-17(20(28)29)12-24-11-16(22-23-24)14-7-4-8-15(10-14)19(26)27/h1-8,10-11,17,28-29H,9,12H2,(H,21,25)(H,26,27). The Morgan fingerprint density at radius 1 is 1.10 bits per heavy atom. The number of hydrogen-bond acceptors (Lipinski definition) is 6. The number of benzene rings is 2. The van der Waals surface area contributed by atoms with Gasteiger partial charge in [-0.1, -0.05) is 47.7 Å². The van der Waals surface area contributed by atoms with Gasteiger partial charge >= 0.3 is 13.1 Å². The predicted octanol–water partition coefficient (Wildman–Crippen LogP) is 0.383. The van der Waals surface area contributed by atoms with Crippen molar-refractivity contribution in [3.63, 3.8) is 0 Å². The van der Waals surface area contributed by atoms with Crippen molar-refractivity contribution in [3.8, 4) is 11.3 Å². The van der Waals surface area contributed by atoms with Crippen molar-refractivity contribution in [2.45, 2.75) is 18.9 Å². The fourth-order valence-corrected chi connectivity index (χ4v) is 2.79. The van der Waals surface area contributed by atoms with Gasteiger partial charge in [0, 0.05) is 5.56 Å². The molecule has 1 unspecified atom stereocenters. The molecule has 10 heteroatoms. The van der Waals surface area contributed by atoms with Crippen molar-refractivity contribution >= 4 is 19.0 Å². The molecule has 0 bridgehead atoms. The van der Waals surface area contributed by atoms with E-state index in [9.17, 15) is 19.6 Å². The third kappa shape index (κ3) is 5.50. The summed E-state index contributed by atoms with van der Waals surface area (Å²) in [4.78, 5) is 23.3. The van der Waals surface area contributed by atoms with Crippen molar-refractivity contribution in [2.24, 2.45) is 0 Å². The van der Waals surface area contributed by atoms with Gasteiger partial charge in [-0.25, -0.2) is 4.79 Å². The number of nitrogens with zero attached hydrogens (tertiary/aromatic N) is 3. The second-order valence-electron chi connectivity index (χ2n) is 6.46. The maximum atomic E-state index is 12.2. The third-order valence-electron chi connectivity index (χ3n) is 4.24. The first kappa shape index (κ1) is 20.2. The van der Waals surface area contributed by atoms with Gasteiger partial charge in [0.2, 0.25) is 5.91 Å². The summed E-state index contributed by atoms with van der Waals surface area (Å²) in [5.74, 6) is -2.40. The number of carbonyl (C=O) groups is 2. The summed E-state index contributed by atoms with van der Waals surface area (Å²) >= 11 is 0. The Balaban J connectivity index is 1.68. The molecule has 0 aliphatic rings. The first-order chi connectivity index (χ1) is 13.9. The maximum Gasteiger partial charge on any atom is 0.477 e. The molecule has 0 spiro atoms. The lowest BCUT2D eigenvalue weighted by atomic mass is 9.79. The average Bonchev–Trinajstić information content (AvgIpc) is 3.17. The van der Waals surface area contributed by atoms with Crippen LogP contribution in [0.1, 0.15) is 15.9 Å². The highest BCUT2D eigenvalue weighted by molar-refractivity contribution is 6.43. The summed E-state index contributed by atoms with van der Waals surface area (Å²) in [5, 5.41) is 38.8. The van der Waals surface area contributed by atoms with E-state index in [2.05, 4.69) is 15.6 Å². The highest BCUT2D eigenvalue weighted by Gasteiger charge is 2.26. The van der Waals surface area contributed by atoms with E-state index in [1.165, 1.54) is 16.8 Å². The molecule has 0 saturated heterocycles. The molecule has 3 aromatic rings. The van der Waals surface area contributed by atoms with E-state index in [1.54, 1.807) is 30.5 Å². The van der Waals surface area contributed by atoms with Crippen molar-refractivity contribution in [1.82, 2.24) is 20.3 Å². The molecule has 148 valence electrons. The molecule has 3 rings (SSSR count). The van der Waals surface area contributed by atoms with Gasteiger partial charge in [0.05, 0.1) is 30.7 Å². The van der Waals surface area contributed by atoms with E-state index in [0.29, 0.717) is 11.3 Å². The maximum absolute atomic E-state index is 12.2. The summed E-state index contributed by atoms with van der Waals surface area (Å²) in [6.45, 7) is -0.0240. The molecule has 0 saturated carbocycles. The number of nitrogens with one attached hydrogen (secondary N) is 1. The largest absolute Gasteiger partial charge is 0.478 e. The molecule has 1 atom stereocenters. The number of carbonyl (C=O) groups excluding carboxylic acids is 1. The second-order valence-corrected chi connectivity index (χ2v) is 6.46. The van der Waals surface area contributed by atoms with Crippen LogP contribution in [-0.2, 0) is 17.8 Å². The summed E-state index contributed by atoms with van der Waals surface area (Å²) < 4.78 is 1.36. The Labute approximate surface area is 166 Å². The normalized spacial score (nSPS) is 11.7. The van der Waals surface area contributed by atoms with Crippen LogP contribution < -0.4 is 5.32 Å². The van der Waals surface area contributed by atoms with E-state index in [-0.39, 0.29) is 24.4 Å². The molecule has 0 aliphatic heterocycles. The minimum Gasteiger partial charge on any atom is -0.478 e. The van der Waals surface area contributed by atoms with Gasteiger partial charge in [-0.15, -0.1) is 5.10 Å². The Morgan fingerprint density at radius 3 is 2.55 bits per heavy atom. The Kier molecular flexibility index (Phi) is 6.37. The van der Waals surface area contributed by atoms with Crippen LogP contribution in [0, 0.1) is 0 Å². The number of carboxylic acid groups (broad SMARTS) is 1. The van der Waals surface area contributed by atoms with Gasteiger partial charge in [0.1, 0.15) is 5.69 Å². The Hall–Kier alpha value is -3.50. The smallest absolute Gasteiger partial charge is 0.477 e. The molecule has 9 nitrogen and oxygen atoms in total. The van der Waals surface area contributed by atoms with Crippen LogP contribution in [0.4, 0.5) is 0 Å². The quantitative estimate of drug-likeness (QED) is 0.406. The molecule has 4 N–H and O–H groups in total. The topological polar surface area (TPSA) is 138 Å². The first-order valence-electron chi connectivity index (χ1n) is 8.85. The number of hydrogen-bond donors (Lipinski definition) is 4. The van der Waals surface area contributed by atoms with E-state index in [1.807, 2.05) is 18.2 Å². The highest BCUT2D eigenvalue weighted by atomic mass is 16.4. The second kappa shape index (κ2) is 9.13. The lowest BCUT2D eigenvalue weighted by Crippen LogP contribution is -2.49. The number of aromatic nitrogens is 3. The van der Waals surface area contributed by atoms with E-state index < -0.39 is 19.0 Å². The van der Waals surface area contributed by atoms with Crippen molar-refractivity contribution in [2.75, 3.05) is 0 Å². The Bertz CT molecular complexity index is 993. The zero-order valence-corrected chi connectivity index (χ0v) is 15.3. The minimum atomic E-state index is -1.79. The van der Waals surface area contributed by atoms with Crippen molar-refractivity contribution in [1.29, 1.82) is 0 Å². The summed E-state index contributed by atoms with van der Waals surface area (Å²) in [5.41, 5.74) is 1.91. The van der Waals surface area contributed by atoms with E-state index >= 15 is 0 Å². The molecule has 2 aromatic carbocycles. The van der Waals surface area contributed by atoms with Crippen LogP contribution in [0.3, 0.4) is 0 Å². The van der Waals surface area contributed by atoms with Gasteiger partial charge in [0.15, 0.2) is 0 Å². The molecule has 1 aromatic heterocycles. The molecule has 0 radical (unpaired) electrons. The zero-order chi connectivity index (χ0) is 20.8. The summed E-state index contributed by atoms with van der Waals surface area (Å²) in [7, 11) is -1.79. The molecule has 0 fully saturated rings. The summed E-state index contributed by atoms with van der Waals surface area (Å²) in [6.07, 6.45) is 1.65. The molecule has 1 heterocycles.